The van der Waals surface area contributed by atoms with Gasteiger partial charge in [0.25, 0.3) is 0 Å². The number of fused-ring (bicyclic) bond motifs is 1. The number of aromatic nitrogens is 1. The zero-order chi connectivity index (χ0) is 13.2. The molecule has 0 bridgehead atoms. The van der Waals surface area contributed by atoms with Crippen molar-refractivity contribution in [1.29, 1.82) is 0 Å². The summed E-state index contributed by atoms with van der Waals surface area (Å²) in [7, 11) is 0. The lowest BCUT2D eigenvalue weighted by Crippen LogP contribution is -2.06. The molecule has 0 aliphatic heterocycles. The van der Waals surface area contributed by atoms with E-state index in [2.05, 4.69) is 23.3 Å². The van der Waals surface area contributed by atoms with Crippen molar-refractivity contribution in [3.05, 3.63) is 59.1 Å². The van der Waals surface area contributed by atoms with Crippen LogP contribution < -0.4 is 5.32 Å². The van der Waals surface area contributed by atoms with E-state index >= 15 is 0 Å². The van der Waals surface area contributed by atoms with Crippen molar-refractivity contribution in [3.63, 3.8) is 0 Å². The van der Waals surface area contributed by atoms with Crippen LogP contribution in [0.2, 0.25) is 5.02 Å². The molecule has 0 saturated heterocycles. The Hall–Kier alpha value is -1.58. The van der Waals surface area contributed by atoms with E-state index in [4.69, 9.17) is 11.6 Å². The van der Waals surface area contributed by atoms with Gasteiger partial charge in [0.05, 0.1) is 16.3 Å². The van der Waals surface area contributed by atoms with Gasteiger partial charge >= 0.3 is 0 Å². The van der Waals surface area contributed by atoms with Crippen molar-refractivity contribution < 1.29 is 0 Å². The summed E-state index contributed by atoms with van der Waals surface area (Å²) in [6.45, 7) is 2.09. The zero-order valence-electron chi connectivity index (χ0n) is 10.4. The molecule has 0 aliphatic rings. The summed E-state index contributed by atoms with van der Waals surface area (Å²) in [5.41, 5.74) is 2.12. The minimum Gasteiger partial charge on any atom is -0.355 e. The van der Waals surface area contributed by atoms with Crippen molar-refractivity contribution in [2.24, 2.45) is 0 Å². The molecule has 1 heterocycles. The molecule has 0 amide bonds. The summed E-state index contributed by atoms with van der Waals surface area (Å²) in [5, 5.41) is 5.12. The zero-order valence-corrected chi connectivity index (χ0v) is 12.0. The second kappa shape index (κ2) is 5.19. The number of rotatable bonds is 3. The lowest BCUT2D eigenvalue weighted by Gasteiger charge is -2.14. The lowest BCUT2D eigenvalue weighted by atomic mass is 10.1. The van der Waals surface area contributed by atoms with Gasteiger partial charge < -0.3 is 5.32 Å². The number of benzene rings is 2. The molecular weight excluding hydrogens is 276 g/mol. The number of nitrogens with one attached hydrogen (secondary N) is 1. The standard InChI is InChI=1S/C15H13ClN2S/c1-10(11-6-2-3-7-12(11)16)17-15-18-13-8-4-5-9-14(13)19-15/h2-10H,1H3,(H,17,18). The molecule has 3 rings (SSSR count). The Bertz CT molecular complexity index is 675. The van der Waals surface area contributed by atoms with Crippen molar-refractivity contribution in [2.45, 2.75) is 13.0 Å². The summed E-state index contributed by atoms with van der Waals surface area (Å²) < 4.78 is 1.19. The van der Waals surface area contributed by atoms with Crippen molar-refractivity contribution in [1.82, 2.24) is 4.98 Å². The molecule has 2 aromatic carbocycles. The van der Waals surface area contributed by atoms with Gasteiger partial charge in [0, 0.05) is 5.02 Å². The van der Waals surface area contributed by atoms with Crippen molar-refractivity contribution in [3.8, 4) is 0 Å². The molecule has 0 aliphatic carbocycles. The van der Waals surface area contributed by atoms with Crippen LogP contribution in [0.25, 0.3) is 10.2 Å². The molecule has 3 aromatic rings. The fraction of sp³-hybridized carbons (Fsp3) is 0.133. The van der Waals surface area contributed by atoms with E-state index in [1.54, 1.807) is 11.3 Å². The number of thiazole rings is 1. The first-order chi connectivity index (χ1) is 9.24. The Morgan fingerprint density at radius 3 is 2.63 bits per heavy atom. The lowest BCUT2D eigenvalue weighted by molar-refractivity contribution is 0.883. The quantitative estimate of drug-likeness (QED) is 0.723. The van der Waals surface area contributed by atoms with Crippen LogP contribution in [-0.4, -0.2) is 4.98 Å². The highest BCUT2D eigenvalue weighted by Gasteiger charge is 2.11. The van der Waals surface area contributed by atoms with Gasteiger partial charge in [-0.25, -0.2) is 4.98 Å². The summed E-state index contributed by atoms with van der Waals surface area (Å²) in [5.74, 6) is 0. The van der Waals surface area contributed by atoms with Gasteiger partial charge in [-0.15, -0.1) is 0 Å². The van der Waals surface area contributed by atoms with Crippen LogP contribution >= 0.6 is 22.9 Å². The van der Waals surface area contributed by atoms with E-state index in [0.717, 1.165) is 21.2 Å². The number of hydrogen-bond donors (Lipinski definition) is 1. The number of para-hydroxylation sites is 1. The highest BCUT2D eigenvalue weighted by molar-refractivity contribution is 7.22. The number of hydrogen-bond acceptors (Lipinski definition) is 3. The Morgan fingerprint density at radius 2 is 1.84 bits per heavy atom. The fourth-order valence-electron chi connectivity index (χ4n) is 2.02. The molecule has 4 heteroatoms. The predicted molar refractivity (Wildman–Crippen MR) is 83.1 cm³/mol. The van der Waals surface area contributed by atoms with Crippen molar-refractivity contribution >= 4 is 38.3 Å². The van der Waals surface area contributed by atoms with Crippen LogP contribution in [0.1, 0.15) is 18.5 Å². The average molecular weight is 289 g/mol. The molecular formula is C15H13ClN2S. The van der Waals surface area contributed by atoms with E-state index in [0.29, 0.717) is 0 Å². The van der Waals surface area contributed by atoms with Crippen molar-refractivity contribution in [2.75, 3.05) is 5.32 Å². The first-order valence-corrected chi connectivity index (χ1v) is 7.30. The number of anilines is 1. The molecule has 1 aromatic heterocycles. The Balaban J connectivity index is 1.86. The predicted octanol–water partition coefficient (Wildman–Crippen LogP) is 5.12. The van der Waals surface area contributed by atoms with Crippen LogP contribution in [0.3, 0.4) is 0 Å². The maximum Gasteiger partial charge on any atom is 0.184 e. The van der Waals surface area contributed by atoms with E-state index in [1.807, 2.05) is 42.5 Å². The fourth-order valence-corrected chi connectivity index (χ4v) is 3.28. The monoisotopic (exact) mass is 288 g/mol. The smallest absolute Gasteiger partial charge is 0.184 e. The highest BCUT2D eigenvalue weighted by atomic mass is 35.5. The minimum atomic E-state index is 0.134. The Labute approximate surface area is 121 Å². The Morgan fingerprint density at radius 1 is 1.11 bits per heavy atom. The van der Waals surface area contributed by atoms with E-state index < -0.39 is 0 Å². The Kier molecular flexibility index (Phi) is 3.40. The molecule has 0 fully saturated rings. The minimum absolute atomic E-state index is 0.134. The van der Waals surface area contributed by atoms with Gasteiger partial charge in [-0.1, -0.05) is 53.3 Å². The van der Waals surface area contributed by atoms with E-state index in [9.17, 15) is 0 Å². The molecule has 96 valence electrons. The highest BCUT2D eigenvalue weighted by Crippen LogP contribution is 2.30. The molecule has 0 spiro atoms. The average Bonchev–Trinajstić information content (AvgIpc) is 2.81. The molecule has 19 heavy (non-hydrogen) atoms. The van der Waals surface area contributed by atoms with Gasteiger partial charge in [0.15, 0.2) is 5.13 Å². The third-order valence-electron chi connectivity index (χ3n) is 3.01. The van der Waals surface area contributed by atoms with Gasteiger partial charge in [0.2, 0.25) is 0 Å². The van der Waals surface area contributed by atoms with Crippen LogP contribution in [0.4, 0.5) is 5.13 Å². The van der Waals surface area contributed by atoms with E-state index in [1.165, 1.54) is 4.70 Å². The first kappa shape index (κ1) is 12.5. The number of halogens is 1. The van der Waals surface area contributed by atoms with Gasteiger partial charge in [-0.05, 0) is 30.7 Å². The first-order valence-electron chi connectivity index (χ1n) is 6.10. The molecule has 1 unspecified atom stereocenters. The molecule has 0 radical (unpaired) electrons. The molecule has 2 nitrogen and oxygen atoms in total. The second-order valence-corrected chi connectivity index (χ2v) is 5.81. The SMILES string of the molecule is CC(Nc1nc2ccccc2s1)c1ccccc1Cl. The maximum absolute atomic E-state index is 6.21. The second-order valence-electron chi connectivity index (χ2n) is 4.37. The number of nitrogens with zero attached hydrogens (tertiary/aromatic N) is 1. The van der Waals surface area contributed by atoms with Crippen LogP contribution in [0, 0.1) is 0 Å². The van der Waals surface area contributed by atoms with Gasteiger partial charge in [0.1, 0.15) is 0 Å². The summed E-state index contributed by atoms with van der Waals surface area (Å²) >= 11 is 7.87. The largest absolute Gasteiger partial charge is 0.355 e. The topological polar surface area (TPSA) is 24.9 Å². The summed E-state index contributed by atoms with van der Waals surface area (Å²) in [4.78, 5) is 4.57. The molecule has 1 atom stereocenters. The molecule has 0 saturated carbocycles. The summed E-state index contributed by atoms with van der Waals surface area (Å²) in [6.07, 6.45) is 0. The van der Waals surface area contributed by atoms with E-state index in [-0.39, 0.29) is 6.04 Å². The van der Waals surface area contributed by atoms with Crippen LogP contribution in [0.5, 0.6) is 0 Å². The van der Waals surface area contributed by atoms with Crippen LogP contribution in [-0.2, 0) is 0 Å². The van der Waals surface area contributed by atoms with Crippen LogP contribution in [0.15, 0.2) is 48.5 Å². The van der Waals surface area contributed by atoms with Gasteiger partial charge in [-0.3, -0.25) is 0 Å². The maximum atomic E-state index is 6.21. The molecule has 1 N–H and O–H groups in total. The third-order valence-corrected chi connectivity index (χ3v) is 4.32. The summed E-state index contributed by atoms with van der Waals surface area (Å²) in [6, 6.07) is 16.2. The van der Waals surface area contributed by atoms with Gasteiger partial charge in [-0.2, -0.15) is 0 Å². The third kappa shape index (κ3) is 2.57. The normalized spacial score (nSPS) is 12.5.